The number of nitrogens with zero attached hydrogens (tertiary/aromatic N) is 2. The summed E-state index contributed by atoms with van der Waals surface area (Å²) in [7, 11) is 1.59. The molecule has 1 heterocycles. The number of benzene rings is 3. The third-order valence-electron chi connectivity index (χ3n) is 5.09. The molecule has 0 amide bonds. The number of nitrogen functional groups attached to an aromatic ring is 1. The molecular weight excluding hydrogens is 414 g/mol. The summed E-state index contributed by atoms with van der Waals surface area (Å²) < 4.78 is 15.1. The average molecular weight is 440 g/mol. The number of anilines is 1. The van der Waals surface area contributed by atoms with E-state index in [0.717, 1.165) is 16.6 Å². The van der Waals surface area contributed by atoms with E-state index in [-0.39, 0.29) is 19.0 Å². The summed E-state index contributed by atoms with van der Waals surface area (Å²) in [6, 6.07) is 25.6. The first-order valence-corrected chi connectivity index (χ1v) is 9.91. The molecule has 0 saturated carbocycles. The van der Waals surface area contributed by atoms with Crippen molar-refractivity contribution in [2.24, 2.45) is 0 Å². The largest absolute Gasteiger partial charge is 1.00 e. The highest BCUT2D eigenvalue weighted by atomic mass is 35.5. The van der Waals surface area contributed by atoms with Crippen LogP contribution < -0.4 is 32.2 Å². The number of imidazole rings is 1. The van der Waals surface area contributed by atoms with Gasteiger partial charge in [-0.15, -0.1) is 0 Å². The third-order valence-corrected chi connectivity index (χ3v) is 5.09. The summed E-state index contributed by atoms with van der Waals surface area (Å²) in [5, 5.41) is 10.7. The van der Waals surface area contributed by atoms with Crippen LogP contribution in [-0.2, 0) is 13.1 Å². The Bertz CT molecular complexity index is 1130. The summed E-state index contributed by atoms with van der Waals surface area (Å²) in [5.74, 6) is 1.83. The zero-order chi connectivity index (χ0) is 20.9. The molecule has 0 saturated heterocycles. The highest BCUT2D eigenvalue weighted by Crippen LogP contribution is 2.26. The van der Waals surface area contributed by atoms with Crippen molar-refractivity contribution in [3.8, 4) is 11.5 Å². The van der Waals surface area contributed by atoms with Gasteiger partial charge in [0.05, 0.1) is 13.7 Å². The van der Waals surface area contributed by atoms with Crippen molar-refractivity contribution in [2.75, 3.05) is 19.5 Å². The topological polar surface area (TPSA) is 73.5 Å². The zero-order valence-electron chi connectivity index (χ0n) is 17.3. The Morgan fingerprint density at radius 3 is 2.32 bits per heavy atom. The molecule has 31 heavy (non-hydrogen) atoms. The van der Waals surface area contributed by atoms with Crippen molar-refractivity contribution in [2.45, 2.75) is 19.2 Å². The van der Waals surface area contributed by atoms with Crippen LogP contribution in [0.4, 0.5) is 5.95 Å². The quantitative estimate of drug-likeness (QED) is 0.379. The van der Waals surface area contributed by atoms with Gasteiger partial charge >= 0.3 is 5.95 Å². The monoisotopic (exact) mass is 439 g/mol. The maximum Gasteiger partial charge on any atom is 0.356 e. The van der Waals surface area contributed by atoms with E-state index in [9.17, 15) is 5.11 Å². The molecule has 4 rings (SSSR count). The van der Waals surface area contributed by atoms with Crippen LogP contribution in [0, 0.1) is 0 Å². The lowest BCUT2D eigenvalue weighted by Gasteiger charge is -2.14. The molecule has 0 aliphatic heterocycles. The Hall–Kier alpha value is -3.22. The number of hydrogen-bond donors (Lipinski definition) is 2. The Balaban J connectivity index is 0.00000272. The van der Waals surface area contributed by atoms with Crippen molar-refractivity contribution < 1.29 is 31.6 Å². The van der Waals surface area contributed by atoms with Crippen LogP contribution in [0.25, 0.3) is 11.0 Å². The molecule has 1 atom stereocenters. The van der Waals surface area contributed by atoms with Crippen molar-refractivity contribution in [3.63, 3.8) is 0 Å². The standard InChI is InChI=1S/C24H25N3O3.ClH/c1-29-22-13-7-8-14-23(22)30-17-19(28)16-27-21-12-6-5-11-20(21)26(24(27)25)15-18-9-3-2-4-10-18;/h2-14,19,25,28H,15-17H2,1H3;1H. The number of para-hydroxylation sites is 4. The van der Waals surface area contributed by atoms with Gasteiger partial charge < -0.3 is 27.0 Å². The second-order valence-electron chi connectivity index (χ2n) is 7.14. The molecule has 3 N–H and O–H groups in total. The van der Waals surface area contributed by atoms with Crippen LogP contribution >= 0.6 is 0 Å². The molecule has 3 aromatic carbocycles. The van der Waals surface area contributed by atoms with Gasteiger partial charge in [0.2, 0.25) is 0 Å². The third kappa shape index (κ3) is 4.93. The first-order valence-electron chi connectivity index (χ1n) is 9.91. The Labute approximate surface area is 187 Å². The van der Waals surface area contributed by atoms with E-state index < -0.39 is 6.10 Å². The lowest BCUT2D eigenvalue weighted by Crippen LogP contribution is -3.00. The summed E-state index contributed by atoms with van der Waals surface area (Å²) in [6.45, 7) is 1.11. The lowest BCUT2D eigenvalue weighted by atomic mass is 10.2. The molecule has 7 heteroatoms. The molecular formula is C24H26ClN3O3. The predicted octanol–water partition coefficient (Wildman–Crippen LogP) is 0.0118. The molecule has 6 nitrogen and oxygen atoms in total. The maximum atomic E-state index is 10.7. The highest BCUT2D eigenvalue weighted by molar-refractivity contribution is 5.74. The van der Waals surface area contributed by atoms with Crippen molar-refractivity contribution in [1.29, 1.82) is 0 Å². The van der Waals surface area contributed by atoms with E-state index in [1.54, 1.807) is 7.11 Å². The Morgan fingerprint density at radius 1 is 0.935 bits per heavy atom. The molecule has 0 fully saturated rings. The van der Waals surface area contributed by atoms with Gasteiger partial charge in [0, 0.05) is 0 Å². The van der Waals surface area contributed by atoms with Crippen LogP contribution in [0.2, 0.25) is 0 Å². The van der Waals surface area contributed by atoms with Gasteiger partial charge in [0.25, 0.3) is 0 Å². The van der Waals surface area contributed by atoms with Crippen LogP contribution in [0.1, 0.15) is 5.56 Å². The van der Waals surface area contributed by atoms with E-state index >= 15 is 0 Å². The van der Waals surface area contributed by atoms with Gasteiger partial charge in [0.15, 0.2) is 11.5 Å². The number of aliphatic hydroxyl groups is 1. The van der Waals surface area contributed by atoms with E-state index in [1.165, 1.54) is 0 Å². The molecule has 1 aromatic heterocycles. The maximum absolute atomic E-state index is 10.7. The van der Waals surface area contributed by atoms with Crippen molar-refractivity contribution in [3.05, 3.63) is 84.4 Å². The summed E-state index contributed by atoms with van der Waals surface area (Å²) in [4.78, 5) is 0. The van der Waals surface area contributed by atoms with E-state index in [1.807, 2.05) is 71.3 Å². The first kappa shape index (κ1) is 22.5. The highest BCUT2D eigenvalue weighted by Gasteiger charge is 2.23. The summed E-state index contributed by atoms with van der Waals surface area (Å²) >= 11 is 0. The molecule has 0 spiro atoms. The smallest absolute Gasteiger partial charge is 0.356 e. The number of aliphatic hydroxyl groups excluding tert-OH is 1. The van der Waals surface area contributed by atoms with Crippen LogP contribution in [0.5, 0.6) is 11.5 Å². The fraction of sp³-hybridized carbons (Fsp3) is 0.208. The molecule has 1 unspecified atom stereocenters. The van der Waals surface area contributed by atoms with Gasteiger partial charge in [-0.3, -0.25) is 5.73 Å². The van der Waals surface area contributed by atoms with Crippen LogP contribution in [-0.4, -0.2) is 29.5 Å². The predicted molar refractivity (Wildman–Crippen MR) is 117 cm³/mol. The minimum Gasteiger partial charge on any atom is -1.00 e. The zero-order valence-corrected chi connectivity index (χ0v) is 18.1. The fourth-order valence-electron chi connectivity index (χ4n) is 3.62. The summed E-state index contributed by atoms with van der Waals surface area (Å²) in [6.07, 6.45) is -0.738. The Kier molecular flexibility index (Phi) is 7.39. The molecule has 4 aromatic rings. The van der Waals surface area contributed by atoms with E-state index in [4.69, 9.17) is 15.2 Å². The number of halogens is 1. The van der Waals surface area contributed by atoms with Crippen molar-refractivity contribution in [1.82, 2.24) is 4.57 Å². The molecule has 0 aliphatic carbocycles. The number of ether oxygens (including phenoxy) is 2. The normalized spacial score (nSPS) is 11.7. The van der Waals surface area contributed by atoms with Crippen LogP contribution in [0.3, 0.4) is 0 Å². The van der Waals surface area contributed by atoms with E-state index in [2.05, 4.69) is 16.7 Å². The number of methoxy groups -OCH3 is 1. The van der Waals surface area contributed by atoms with Gasteiger partial charge in [-0.2, -0.15) is 0 Å². The number of rotatable bonds is 8. The first-order chi connectivity index (χ1) is 14.7. The minimum absolute atomic E-state index is 0. The van der Waals surface area contributed by atoms with E-state index in [0.29, 0.717) is 30.5 Å². The van der Waals surface area contributed by atoms with Gasteiger partial charge in [-0.25, -0.2) is 9.13 Å². The van der Waals surface area contributed by atoms with Crippen LogP contribution in [0.15, 0.2) is 78.9 Å². The number of hydrogen-bond acceptors (Lipinski definition) is 4. The molecule has 162 valence electrons. The second-order valence-corrected chi connectivity index (χ2v) is 7.14. The number of aromatic nitrogens is 2. The SMILES string of the molecule is COc1ccccc1OCC(O)Cn1c(N)[n+](Cc2ccccc2)c2ccccc21.[Cl-]. The van der Waals surface area contributed by atoms with Gasteiger partial charge in [-0.1, -0.05) is 54.6 Å². The Morgan fingerprint density at radius 2 is 1.58 bits per heavy atom. The second kappa shape index (κ2) is 10.2. The molecule has 0 aliphatic rings. The minimum atomic E-state index is -0.738. The average Bonchev–Trinajstić information content (AvgIpc) is 3.04. The molecule has 0 bridgehead atoms. The summed E-state index contributed by atoms with van der Waals surface area (Å²) in [5.41, 5.74) is 9.68. The molecule has 0 radical (unpaired) electrons. The van der Waals surface area contributed by atoms with Crippen molar-refractivity contribution >= 4 is 17.0 Å². The number of nitrogens with two attached hydrogens (primary N) is 1. The van der Waals surface area contributed by atoms with Gasteiger partial charge in [-0.05, 0) is 29.8 Å². The number of fused-ring (bicyclic) bond motifs is 1. The van der Waals surface area contributed by atoms with Gasteiger partial charge in [0.1, 0.15) is 30.3 Å². The lowest BCUT2D eigenvalue weighted by molar-refractivity contribution is -0.648. The fourth-order valence-corrected chi connectivity index (χ4v) is 3.62.